The van der Waals surface area contributed by atoms with Crippen molar-refractivity contribution in [1.82, 2.24) is 4.90 Å². The van der Waals surface area contributed by atoms with Crippen LogP contribution in [0.15, 0.2) is 54.2 Å². The Labute approximate surface area is 189 Å². The summed E-state index contributed by atoms with van der Waals surface area (Å²) in [5.74, 6) is 0.283. The van der Waals surface area contributed by atoms with Crippen LogP contribution in [0.4, 0.5) is 5.69 Å². The molecule has 32 heavy (non-hydrogen) atoms. The van der Waals surface area contributed by atoms with Gasteiger partial charge < -0.3 is 14.4 Å². The van der Waals surface area contributed by atoms with Gasteiger partial charge in [0.2, 0.25) is 0 Å². The van der Waals surface area contributed by atoms with Crippen molar-refractivity contribution in [2.75, 3.05) is 38.3 Å². The number of amides is 2. The predicted molar refractivity (Wildman–Crippen MR) is 124 cm³/mol. The van der Waals surface area contributed by atoms with Crippen molar-refractivity contribution >= 4 is 23.1 Å². The zero-order valence-corrected chi connectivity index (χ0v) is 18.8. The monoisotopic (exact) mass is 434 g/mol. The zero-order valence-electron chi connectivity index (χ0n) is 18.8. The van der Waals surface area contributed by atoms with E-state index in [4.69, 9.17) is 9.47 Å². The van der Waals surface area contributed by atoms with Gasteiger partial charge in [-0.3, -0.25) is 14.5 Å². The summed E-state index contributed by atoms with van der Waals surface area (Å²) in [5, 5.41) is 0. The van der Waals surface area contributed by atoms with E-state index in [-0.39, 0.29) is 11.8 Å². The minimum Gasteiger partial charge on any atom is -0.494 e. The molecule has 6 nitrogen and oxygen atoms in total. The van der Waals surface area contributed by atoms with Gasteiger partial charge in [0.15, 0.2) is 0 Å². The first-order valence-electron chi connectivity index (χ1n) is 11.3. The number of carbonyl (C=O) groups is 2. The molecule has 2 aliphatic heterocycles. The molecular weight excluding hydrogens is 404 g/mol. The molecule has 0 N–H and O–H groups in total. The van der Waals surface area contributed by atoms with Crippen LogP contribution in [-0.2, 0) is 20.7 Å². The van der Waals surface area contributed by atoms with E-state index in [0.29, 0.717) is 44.0 Å². The third-order valence-corrected chi connectivity index (χ3v) is 5.87. The first-order valence-corrected chi connectivity index (χ1v) is 11.3. The number of para-hydroxylation sites is 1. The number of hydrogen-bond donors (Lipinski definition) is 0. The molecule has 0 unspecified atom stereocenters. The molecular formula is C26H30N2O4. The van der Waals surface area contributed by atoms with Gasteiger partial charge in [-0.1, -0.05) is 37.3 Å². The number of aryl methyl sites for hydroxylation is 1. The lowest BCUT2D eigenvalue weighted by Gasteiger charge is -2.32. The standard InChI is InChI=1S/C26H30N2O4/c1-3-17-32-21-13-11-20(12-14-21)23-24(26(30)28(25(23)29)16-7-18-31-2)27-15-6-9-19-8-4-5-10-22(19)27/h4-5,8,10-14H,3,6-7,9,15-18H2,1-2H3. The Hall–Kier alpha value is -3.12. The molecule has 0 atom stereocenters. The van der Waals surface area contributed by atoms with Gasteiger partial charge in [0.1, 0.15) is 11.4 Å². The topological polar surface area (TPSA) is 59.1 Å². The summed E-state index contributed by atoms with van der Waals surface area (Å²) in [4.78, 5) is 30.4. The molecule has 2 aromatic rings. The number of hydrogen-bond acceptors (Lipinski definition) is 5. The summed E-state index contributed by atoms with van der Waals surface area (Å²) in [5.41, 5.74) is 3.88. The van der Waals surface area contributed by atoms with Gasteiger partial charge in [-0.25, -0.2) is 0 Å². The molecule has 0 saturated heterocycles. The summed E-state index contributed by atoms with van der Waals surface area (Å²) in [6, 6.07) is 15.6. The number of fused-ring (bicyclic) bond motifs is 1. The van der Waals surface area contributed by atoms with Gasteiger partial charge >= 0.3 is 0 Å². The van der Waals surface area contributed by atoms with Gasteiger partial charge in [-0.05, 0) is 55.0 Å². The van der Waals surface area contributed by atoms with Crippen LogP contribution in [0.25, 0.3) is 5.57 Å². The van der Waals surface area contributed by atoms with E-state index in [1.54, 1.807) is 7.11 Å². The summed E-state index contributed by atoms with van der Waals surface area (Å²) < 4.78 is 10.8. The van der Waals surface area contributed by atoms with Gasteiger partial charge in [0, 0.05) is 32.5 Å². The van der Waals surface area contributed by atoms with Crippen LogP contribution in [0, 0.1) is 0 Å². The normalized spacial score (nSPS) is 16.1. The fourth-order valence-electron chi connectivity index (χ4n) is 4.35. The fourth-order valence-corrected chi connectivity index (χ4v) is 4.35. The number of benzene rings is 2. The summed E-state index contributed by atoms with van der Waals surface area (Å²) >= 11 is 0. The van der Waals surface area contributed by atoms with Crippen molar-refractivity contribution in [2.24, 2.45) is 0 Å². The Morgan fingerprint density at radius 1 is 0.969 bits per heavy atom. The average Bonchev–Trinajstić information content (AvgIpc) is 3.07. The van der Waals surface area contributed by atoms with E-state index in [1.807, 2.05) is 47.4 Å². The predicted octanol–water partition coefficient (Wildman–Crippen LogP) is 4.04. The molecule has 0 fully saturated rings. The van der Waals surface area contributed by atoms with Crippen molar-refractivity contribution in [2.45, 2.75) is 32.6 Å². The first kappa shape index (κ1) is 22.1. The lowest BCUT2D eigenvalue weighted by atomic mass is 9.98. The maximum atomic E-state index is 13.6. The molecule has 0 aliphatic carbocycles. The lowest BCUT2D eigenvalue weighted by Crippen LogP contribution is -2.37. The summed E-state index contributed by atoms with van der Waals surface area (Å²) in [6.07, 6.45) is 3.44. The maximum Gasteiger partial charge on any atom is 0.278 e. The first-order chi connectivity index (χ1) is 15.7. The quantitative estimate of drug-likeness (QED) is 0.440. The van der Waals surface area contributed by atoms with Crippen LogP contribution in [-0.4, -0.2) is 50.1 Å². The SMILES string of the molecule is CCCOc1ccc(C2=C(N3CCCc4ccccc43)C(=O)N(CCCOC)C2=O)cc1. The second kappa shape index (κ2) is 10.0. The van der Waals surface area contributed by atoms with Crippen molar-refractivity contribution in [1.29, 1.82) is 0 Å². The van der Waals surface area contributed by atoms with Crippen LogP contribution in [0.1, 0.15) is 37.3 Å². The Bertz CT molecular complexity index is 1010. The number of anilines is 1. The Kier molecular flexibility index (Phi) is 6.90. The Morgan fingerprint density at radius 2 is 1.75 bits per heavy atom. The van der Waals surface area contributed by atoms with Crippen molar-refractivity contribution in [3.63, 3.8) is 0 Å². The van der Waals surface area contributed by atoms with Crippen LogP contribution < -0.4 is 9.64 Å². The molecule has 2 aliphatic rings. The third kappa shape index (κ3) is 4.28. The van der Waals surface area contributed by atoms with Crippen LogP contribution in [0.3, 0.4) is 0 Å². The van der Waals surface area contributed by atoms with Crippen molar-refractivity contribution in [3.05, 3.63) is 65.4 Å². The van der Waals surface area contributed by atoms with Crippen molar-refractivity contribution in [3.8, 4) is 5.75 Å². The van der Waals surface area contributed by atoms with Gasteiger partial charge in [0.25, 0.3) is 11.8 Å². The molecule has 6 heteroatoms. The average molecular weight is 435 g/mol. The lowest BCUT2D eigenvalue weighted by molar-refractivity contribution is -0.137. The number of ether oxygens (including phenoxy) is 2. The fraction of sp³-hybridized carbons (Fsp3) is 0.385. The molecule has 2 amide bonds. The van der Waals surface area contributed by atoms with Gasteiger partial charge in [-0.2, -0.15) is 0 Å². The Morgan fingerprint density at radius 3 is 2.50 bits per heavy atom. The van der Waals surface area contributed by atoms with Crippen molar-refractivity contribution < 1.29 is 19.1 Å². The highest BCUT2D eigenvalue weighted by Gasteiger charge is 2.42. The van der Waals surface area contributed by atoms with Crippen LogP contribution in [0.2, 0.25) is 0 Å². The highest BCUT2D eigenvalue weighted by molar-refractivity contribution is 6.36. The number of methoxy groups -OCH3 is 1. The van der Waals surface area contributed by atoms with E-state index in [2.05, 4.69) is 13.0 Å². The maximum absolute atomic E-state index is 13.6. The third-order valence-electron chi connectivity index (χ3n) is 5.87. The van der Waals surface area contributed by atoms with Gasteiger partial charge in [0.05, 0.1) is 12.2 Å². The molecule has 2 aromatic carbocycles. The van der Waals surface area contributed by atoms with Crippen LogP contribution in [0.5, 0.6) is 5.75 Å². The number of nitrogens with zero attached hydrogens (tertiary/aromatic N) is 2. The van der Waals surface area contributed by atoms with E-state index in [9.17, 15) is 9.59 Å². The molecule has 0 spiro atoms. The number of carbonyl (C=O) groups excluding carboxylic acids is 2. The number of imide groups is 1. The van der Waals surface area contributed by atoms with E-state index < -0.39 is 0 Å². The molecule has 4 rings (SSSR count). The smallest absolute Gasteiger partial charge is 0.278 e. The van der Waals surface area contributed by atoms with E-state index in [0.717, 1.165) is 36.3 Å². The summed E-state index contributed by atoms with van der Waals surface area (Å²) in [7, 11) is 1.62. The second-order valence-electron chi connectivity index (χ2n) is 8.09. The zero-order chi connectivity index (χ0) is 22.5. The number of rotatable bonds is 9. The highest BCUT2D eigenvalue weighted by Crippen LogP contribution is 2.38. The highest BCUT2D eigenvalue weighted by atomic mass is 16.5. The molecule has 0 radical (unpaired) electrons. The van der Waals surface area contributed by atoms with Gasteiger partial charge in [-0.15, -0.1) is 0 Å². The molecule has 0 aromatic heterocycles. The molecule has 0 saturated carbocycles. The second-order valence-corrected chi connectivity index (χ2v) is 8.09. The Balaban J connectivity index is 1.75. The minimum absolute atomic E-state index is 0.232. The summed E-state index contributed by atoms with van der Waals surface area (Å²) in [6.45, 7) is 4.24. The molecule has 0 bridgehead atoms. The minimum atomic E-state index is -0.244. The van der Waals surface area contributed by atoms with Crippen LogP contribution >= 0.6 is 0 Å². The molecule has 2 heterocycles. The van der Waals surface area contributed by atoms with E-state index in [1.165, 1.54) is 10.5 Å². The molecule has 168 valence electrons. The van der Waals surface area contributed by atoms with E-state index >= 15 is 0 Å². The largest absolute Gasteiger partial charge is 0.494 e.